The van der Waals surface area contributed by atoms with Gasteiger partial charge in [-0.1, -0.05) is 42.5 Å². The van der Waals surface area contributed by atoms with Crippen LogP contribution in [-0.2, 0) is 19.1 Å². The number of thiazole rings is 1. The Hall–Kier alpha value is -4.20. The van der Waals surface area contributed by atoms with Crippen molar-refractivity contribution < 1.29 is 37.0 Å². The Balaban J connectivity index is 1.30. The van der Waals surface area contributed by atoms with E-state index in [-0.39, 0.29) is 11.6 Å². The van der Waals surface area contributed by atoms with Gasteiger partial charge >= 0.3 is 18.1 Å². The molecule has 0 aliphatic carbocycles. The van der Waals surface area contributed by atoms with Crippen LogP contribution in [0.15, 0.2) is 83.8 Å². The van der Waals surface area contributed by atoms with Crippen LogP contribution in [0.4, 0.5) is 24.5 Å². The minimum Gasteiger partial charge on any atom is -0.386 e. The Kier molecular flexibility index (Phi) is 9.43. The molecule has 4 aromatic rings. The highest BCUT2D eigenvalue weighted by atomic mass is 32.2. The summed E-state index contributed by atoms with van der Waals surface area (Å²) in [4.78, 5) is 44.0. The van der Waals surface area contributed by atoms with E-state index in [0.717, 1.165) is 36.1 Å². The number of halogens is 3. The SMILES string of the molecule is O=C(CSc1ccc(-c2nc(C(=O)Nc3ccc(N4CCOCC4)cc3)c(-c3ccccc3)s2)cc1)OC(=O)C(F)(F)F. The van der Waals surface area contributed by atoms with Crippen LogP contribution in [0.1, 0.15) is 10.5 Å². The van der Waals surface area contributed by atoms with Gasteiger partial charge in [0.1, 0.15) is 10.7 Å². The lowest BCUT2D eigenvalue weighted by molar-refractivity contribution is -0.201. The average molecular weight is 628 g/mol. The van der Waals surface area contributed by atoms with E-state index in [1.807, 2.05) is 54.6 Å². The first-order valence-electron chi connectivity index (χ1n) is 13.0. The molecule has 1 aliphatic heterocycles. The summed E-state index contributed by atoms with van der Waals surface area (Å²) in [5.74, 6) is -4.68. The van der Waals surface area contributed by atoms with Crippen molar-refractivity contribution in [2.24, 2.45) is 0 Å². The number of ether oxygens (including phenoxy) is 2. The molecule has 0 bridgehead atoms. The first-order chi connectivity index (χ1) is 20.7. The number of rotatable bonds is 8. The molecule has 0 atom stereocenters. The van der Waals surface area contributed by atoms with Crippen LogP contribution < -0.4 is 10.2 Å². The minimum absolute atomic E-state index is 0.263. The fraction of sp³-hybridized carbons (Fsp3) is 0.200. The maximum absolute atomic E-state index is 13.4. The summed E-state index contributed by atoms with van der Waals surface area (Å²) < 4.78 is 46.1. The second kappa shape index (κ2) is 13.4. The van der Waals surface area contributed by atoms with Gasteiger partial charge in [-0.2, -0.15) is 13.2 Å². The van der Waals surface area contributed by atoms with Crippen LogP contribution in [0.2, 0.25) is 0 Å². The van der Waals surface area contributed by atoms with Crippen molar-refractivity contribution in [1.29, 1.82) is 0 Å². The smallest absolute Gasteiger partial charge is 0.386 e. The molecule has 43 heavy (non-hydrogen) atoms. The summed E-state index contributed by atoms with van der Waals surface area (Å²) in [6, 6.07) is 23.8. The number of thioether (sulfide) groups is 1. The zero-order valence-corrected chi connectivity index (χ0v) is 24.1. The number of carbonyl (C=O) groups is 3. The van der Waals surface area contributed by atoms with Crippen molar-refractivity contribution >= 4 is 52.3 Å². The number of amides is 1. The van der Waals surface area contributed by atoms with Gasteiger partial charge in [-0.25, -0.2) is 9.78 Å². The van der Waals surface area contributed by atoms with E-state index in [2.05, 4.69) is 19.9 Å². The maximum atomic E-state index is 13.4. The fourth-order valence-corrected chi connectivity index (χ4v) is 5.92. The number of hydrogen-bond acceptors (Lipinski definition) is 9. The standard InChI is InChI=1S/C30H24F3N3O5S2/c31-30(32,33)29(39)41-24(37)18-42-23-12-6-20(7-13-23)28-35-25(26(43-28)19-4-2-1-3-5-19)27(38)34-21-8-10-22(11-9-21)36-14-16-40-17-15-36/h1-13H,14-18H2,(H,34,38). The lowest BCUT2D eigenvalue weighted by Gasteiger charge is -2.28. The maximum Gasteiger partial charge on any atom is 0.491 e. The van der Waals surface area contributed by atoms with Crippen LogP contribution in [0, 0.1) is 0 Å². The molecule has 1 amide bonds. The number of alkyl halides is 3. The average Bonchev–Trinajstić information content (AvgIpc) is 3.47. The molecule has 0 unspecified atom stereocenters. The predicted molar refractivity (Wildman–Crippen MR) is 158 cm³/mol. The third-order valence-electron chi connectivity index (χ3n) is 6.28. The summed E-state index contributed by atoms with van der Waals surface area (Å²) >= 11 is 2.27. The van der Waals surface area contributed by atoms with E-state index in [0.29, 0.717) is 39.2 Å². The largest absolute Gasteiger partial charge is 0.491 e. The first-order valence-corrected chi connectivity index (χ1v) is 14.8. The molecule has 1 saturated heterocycles. The molecule has 13 heteroatoms. The Morgan fingerprint density at radius 3 is 2.26 bits per heavy atom. The van der Waals surface area contributed by atoms with Gasteiger partial charge in [0, 0.05) is 34.9 Å². The Labute approximate surface area is 252 Å². The van der Waals surface area contributed by atoms with Crippen molar-refractivity contribution in [3.05, 3.63) is 84.6 Å². The Morgan fingerprint density at radius 2 is 1.60 bits per heavy atom. The van der Waals surface area contributed by atoms with Crippen LogP contribution in [0.5, 0.6) is 0 Å². The highest BCUT2D eigenvalue weighted by Gasteiger charge is 2.42. The quantitative estimate of drug-likeness (QED) is 0.138. The summed E-state index contributed by atoms with van der Waals surface area (Å²) in [6.07, 6.45) is -5.24. The van der Waals surface area contributed by atoms with Crippen molar-refractivity contribution in [3.63, 3.8) is 0 Å². The van der Waals surface area contributed by atoms with E-state index in [1.54, 1.807) is 24.3 Å². The van der Waals surface area contributed by atoms with Gasteiger partial charge in [0.2, 0.25) is 0 Å². The topological polar surface area (TPSA) is 97.8 Å². The molecule has 8 nitrogen and oxygen atoms in total. The van der Waals surface area contributed by atoms with Crippen LogP contribution >= 0.6 is 23.1 Å². The van der Waals surface area contributed by atoms with Gasteiger partial charge in [0.25, 0.3) is 5.91 Å². The number of anilines is 2. The fourth-order valence-electron chi connectivity index (χ4n) is 4.18. The molecule has 1 N–H and O–H groups in total. The molecule has 1 fully saturated rings. The van der Waals surface area contributed by atoms with Gasteiger partial charge in [0.15, 0.2) is 0 Å². The number of nitrogens with one attached hydrogen (secondary N) is 1. The van der Waals surface area contributed by atoms with Gasteiger partial charge in [-0.15, -0.1) is 23.1 Å². The lowest BCUT2D eigenvalue weighted by atomic mass is 10.1. The Morgan fingerprint density at radius 1 is 0.930 bits per heavy atom. The highest BCUT2D eigenvalue weighted by Crippen LogP contribution is 2.36. The number of morpholine rings is 1. The van der Waals surface area contributed by atoms with Crippen molar-refractivity contribution in [2.45, 2.75) is 11.1 Å². The number of aromatic nitrogens is 1. The van der Waals surface area contributed by atoms with E-state index in [4.69, 9.17) is 4.74 Å². The van der Waals surface area contributed by atoms with Crippen LogP contribution in [0.25, 0.3) is 21.0 Å². The number of nitrogens with zero attached hydrogens (tertiary/aromatic N) is 2. The van der Waals surface area contributed by atoms with Crippen molar-refractivity contribution in [2.75, 3.05) is 42.3 Å². The van der Waals surface area contributed by atoms with Gasteiger partial charge in [-0.3, -0.25) is 9.59 Å². The van der Waals surface area contributed by atoms with Crippen LogP contribution in [0.3, 0.4) is 0 Å². The molecule has 222 valence electrons. The summed E-state index contributed by atoms with van der Waals surface area (Å²) in [5.41, 5.74) is 3.48. The Bertz CT molecular complexity index is 1590. The van der Waals surface area contributed by atoms with Crippen molar-refractivity contribution in [1.82, 2.24) is 4.98 Å². The summed E-state index contributed by atoms with van der Waals surface area (Å²) in [6.45, 7) is 2.97. The third-order valence-corrected chi connectivity index (χ3v) is 8.41. The molecule has 1 aromatic heterocycles. The number of esters is 2. The molecular formula is C30H24F3N3O5S2. The minimum atomic E-state index is -5.24. The van der Waals surface area contributed by atoms with Gasteiger partial charge in [0.05, 0.1) is 23.8 Å². The van der Waals surface area contributed by atoms with Gasteiger partial charge in [-0.05, 0) is 42.0 Å². The zero-order chi connectivity index (χ0) is 30.4. The molecule has 0 radical (unpaired) electrons. The van der Waals surface area contributed by atoms with Crippen molar-refractivity contribution in [3.8, 4) is 21.0 Å². The third kappa shape index (κ3) is 7.80. The molecule has 5 rings (SSSR count). The second-order valence-corrected chi connectivity index (χ2v) is 11.3. The molecular weight excluding hydrogens is 603 g/mol. The number of carbonyl (C=O) groups excluding carboxylic acids is 3. The van der Waals surface area contributed by atoms with E-state index < -0.39 is 23.9 Å². The normalized spacial score (nSPS) is 13.4. The second-order valence-electron chi connectivity index (χ2n) is 9.24. The molecule has 0 saturated carbocycles. The molecule has 0 spiro atoms. The first kappa shape index (κ1) is 30.3. The highest BCUT2D eigenvalue weighted by molar-refractivity contribution is 8.00. The van der Waals surface area contributed by atoms with E-state index in [9.17, 15) is 27.6 Å². The van der Waals surface area contributed by atoms with E-state index in [1.165, 1.54) is 11.3 Å². The van der Waals surface area contributed by atoms with Crippen LogP contribution in [-0.4, -0.2) is 61.1 Å². The summed E-state index contributed by atoms with van der Waals surface area (Å²) in [7, 11) is 0. The molecule has 3 aromatic carbocycles. The van der Waals surface area contributed by atoms with E-state index >= 15 is 0 Å². The monoisotopic (exact) mass is 627 g/mol. The zero-order valence-electron chi connectivity index (χ0n) is 22.4. The molecule has 1 aliphatic rings. The van der Waals surface area contributed by atoms with Gasteiger partial charge < -0.3 is 19.7 Å². The number of hydrogen-bond donors (Lipinski definition) is 1. The number of benzene rings is 3. The lowest BCUT2D eigenvalue weighted by Crippen LogP contribution is -2.36. The molecule has 2 heterocycles. The predicted octanol–water partition coefficient (Wildman–Crippen LogP) is 6.29. The summed E-state index contributed by atoms with van der Waals surface area (Å²) in [5, 5.41) is 3.52.